The Kier molecular flexibility index (Phi) is 6.37. The van der Waals surface area contributed by atoms with Gasteiger partial charge >= 0.3 is 0 Å². The van der Waals surface area contributed by atoms with E-state index in [2.05, 4.69) is 26.2 Å². The summed E-state index contributed by atoms with van der Waals surface area (Å²) in [6.45, 7) is 7.45. The summed E-state index contributed by atoms with van der Waals surface area (Å²) >= 11 is 0. The lowest BCUT2D eigenvalue weighted by molar-refractivity contribution is 0.0610. The summed E-state index contributed by atoms with van der Waals surface area (Å²) in [5, 5.41) is 3.37. The van der Waals surface area contributed by atoms with Crippen LogP contribution in [-0.4, -0.2) is 26.8 Å². The summed E-state index contributed by atoms with van der Waals surface area (Å²) in [5.74, 6) is 0.659. The summed E-state index contributed by atoms with van der Waals surface area (Å²) in [7, 11) is 2.07. The van der Waals surface area contributed by atoms with Crippen LogP contribution in [0.1, 0.15) is 52.4 Å². The minimum atomic E-state index is 0.532. The Morgan fingerprint density at radius 3 is 2.44 bits per heavy atom. The van der Waals surface area contributed by atoms with E-state index in [0.29, 0.717) is 11.3 Å². The van der Waals surface area contributed by atoms with E-state index < -0.39 is 0 Å². The van der Waals surface area contributed by atoms with Crippen molar-refractivity contribution >= 4 is 0 Å². The van der Waals surface area contributed by atoms with Gasteiger partial charge in [-0.3, -0.25) is 0 Å². The smallest absolute Gasteiger partial charge is 0.0488 e. The molecule has 0 aliphatic heterocycles. The maximum absolute atomic E-state index is 5.74. The Balaban J connectivity index is 2.27. The van der Waals surface area contributed by atoms with Gasteiger partial charge in [0.2, 0.25) is 0 Å². The Labute approximate surface area is 101 Å². The van der Waals surface area contributed by atoms with Gasteiger partial charge in [-0.05, 0) is 37.6 Å². The maximum atomic E-state index is 5.74. The summed E-state index contributed by atoms with van der Waals surface area (Å²) < 4.78 is 5.74. The van der Waals surface area contributed by atoms with Crippen molar-refractivity contribution in [1.29, 1.82) is 0 Å². The molecule has 0 amide bonds. The predicted octanol–water partition coefficient (Wildman–Crippen LogP) is 3.22. The van der Waals surface area contributed by atoms with E-state index in [0.717, 1.165) is 19.8 Å². The van der Waals surface area contributed by atoms with Gasteiger partial charge in [-0.1, -0.05) is 33.1 Å². The molecule has 0 saturated heterocycles. The first-order valence-corrected chi connectivity index (χ1v) is 6.91. The van der Waals surface area contributed by atoms with Gasteiger partial charge in [0.15, 0.2) is 0 Å². The van der Waals surface area contributed by atoms with Gasteiger partial charge in [0.1, 0.15) is 0 Å². The lowest BCUT2D eigenvalue weighted by Crippen LogP contribution is -2.35. The SMILES string of the molecule is CNCC1(CCOCC(C)C)CCCCC1. The molecule has 1 aliphatic rings. The van der Waals surface area contributed by atoms with E-state index in [1.807, 2.05) is 0 Å². The fraction of sp³-hybridized carbons (Fsp3) is 1.00. The molecule has 0 aromatic carbocycles. The molecule has 0 aromatic heterocycles. The molecule has 96 valence electrons. The van der Waals surface area contributed by atoms with Crippen molar-refractivity contribution in [2.45, 2.75) is 52.4 Å². The van der Waals surface area contributed by atoms with Gasteiger partial charge in [-0.2, -0.15) is 0 Å². The van der Waals surface area contributed by atoms with Gasteiger partial charge in [-0.15, -0.1) is 0 Å². The van der Waals surface area contributed by atoms with Crippen LogP contribution in [0.25, 0.3) is 0 Å². The van der Waals surface area contributed by atoms with E-state index in [4.69, 9.17) is 4.74 Å². The quantitative estimate of drug-likeness (QED) is 0.674. The second-order valence-corrected chi connectivity index (χ2v) is 5.81. The average Bonchev–Trinajstić information content (AvgIpc) is 2.26. The first kappa shape index (κ1) is 14.0. The molecule has 0 atom stereocenters. The molecule has 0 spiro atoms. The van der Waals surface area contributed by atoms with Crippen LogP contribution in [0.5, 0.6) is 0 Å². The van der Waals surface area contributed by atoms with Crippen molar-refractivity contribution in [3.63, 3.8) is 0 Å². The summed E-state index contributed by atoms with van der Waals surface area (Å²) in [4.78, 5) is 0. The van der Waals surface area contributed by atoms with Crippen LogP contribution >= 0.6 is 0 Å². The number of hydrogen-bond donors (Lipinski definition) is 1. The largest absolute Gasteiger partial charge is 0.381 e. The number of nitrogens with one attached hydrogen (secondary N) is 1. The summed E-state index contributed by atoms with van der Waals surface area (Å²) in [6, 6.07) is 0. The zero-order valence-electron chi connectivity index (χ0n) is 11.3. The molecule has 0 radical (unpaired) electrons. The number of rotatable bonds is 7. The minimum absolute atomic E-state index is 0.532. The highest BCUT2D eigenvalue weighted by Crippen LogP contribution is 2.38. The number of hydrogen-bond acceptors (Lipinski definition) is 2. The van der Waals surface area contributed by atoms with Gasteiger partial charge in [0.05, 0.1) is 0 Å². The van der Waals surface area contributed by atoms with Gasteiger partial charge in [0.25, 0.3) is 0 Å². The molecule has 2 heteroatoms. The van der Waals surface area contributed by atoms with Crippen molar-refractivity contribution < 1.29 is 4.74 Å². The van der Waals surface area contributed by atoms with Crippen LogP contribution in [0.15, 0.2) is 0 Å². The molecular formula is C14H29NO. The highest BCUT2D eigenvalue weighted by Gasteiger charge is 2.30. The van der Waals surface area contributed by atoms with Crippen molar-refractivity contribution in [3.05, 3.63) is 0 Å². The average molecular weight is 227 g/mol. The number of ether oxygens (including phenoxy) is 1. The van der Waals surface area contributed by atoms with Crippen LogP contribution in [-0.2, 0) is 4.74 Å². The fourth-order valence-corrected chi connectivity index (χ4v) is 2.80. The summed E-state index contributed by atoms with van der Waals surface area (Å²) in [6.07, 6.45) is 8.26. The van der Waals surface area contributed by atoms with Crippen LogP contribution in [0.3, 0.4) is 0 Å². The minimum Gasteiger partial charge on any atom is -0.381 e. The van der Waals surface area contributed by atoms with E-state index in [1.165, 1.54) is 38.5 Å². The molecule has 1 rings (SSSR count). The third kappa shape index (κ3) is 4.84. The molecule has 16 heavy (non-hydrogen) atoms. The van der Waals surface area contributed by atoms with Crippen LogP contribution < -0.4 is 5.32 Å². The van der Waals surface area contributed by atoms with Crippen LogP contribution in [0.2, 0.25) is 0 Å². The molecule has 0 unspecified atom stereocenters. The van der Waals surface area contributed by atoms with Crippen LogP contribution in [0.4, 0.5) is 0 Å². The lowest BCUT2D eigenvalue weighted by atomic mass is 9.72. The first-order chi connectivity index (χ1) is 7.68. The monoisotopic (exact) mass is 227 g/mol. The van der Waals surface area contributed by atoms with Crippen molar-refractivity contribution in [3.8, 4) is 0 Å². The highest BCUT2D eigenvalue weighted by atomic mass is 16.5. The Hall–Kier alpha value is -0.0800. The third-order valence-electron chi connectivity index (χ3n) is 3.69. The Bertz CT molecular complexity index is 168. The fourth-order valence-electron chi connectivity index (χ4n) is 2.80. The Morgan fingerprint density at radius 2 is 1.88 bits per heavy atom. The van der Waals surface area contributed by atoms with E-state index >= 15 is 0 Å². The second-order valence-electron chi connectivity index (χ2n) is 5.81. The lowest BCUT2D eigenvalue weighted by Gasteiger charge is -2.37. The van der Waals surface area contributed by atoms with Gasteiger partial charge < -0.3 is 10.1 Å². The van der Waals surface area contributed by atoms with Crippen molar-refractivity contribution in [1.82, 2.24) is 5.32 Å². The molecule has 0 bridgehead atoms. The molecule has 1 N–H and O–H groups in total. The van der Waals surface area contributed by atoms with Crippen molar-refractivity contribution in [2.75, 3.05) is 26.8 Å². The van der Waals surface area contributed by atoms with Gasteiger partial charge in [-0.25, -0.2) is 0 Å². The summed E-state index contributed by atoms with van der Waals surface area (Å²) in [5.41, 5.74) is 0.532. The zero-order chi connectivity index (χ0) is 11.9. The molecule has 1 aliphatic carbocycles. The molecule has 1 saturated carbocycles. The van der Waals surface area contributed by atoms with Crippen LogP contribution in [0, 0.1) is 11.3 Å². The topological polar surface area (TPSA) is 21.3 Å². The Morgan fingerprint density at radius 1 is 1.19 bits per heavy atom. The molecular weight excluding hydrogens is 198 g/mol. The molecule has 0 aromatic rings. The highest BCUT2D eigenvalue weighted by molar-refractivity contribution is 4.84. The van der Waals surface area contributed by atoms with Gasteiger partial charge in [0, 0.05) is 19.8 Å². The second kappa shape index (κ2) is 7.29. The first-order valence-electron chi connectivity index (χ1n) is 6.91. The molecule has 1 fully saturated rings. The van der Waals surface area contributed by atoms with E-state index in [9.17, 15) is 0 Å². The maximum Gasteiger partial charge on any atom is 0.0488 e. The standard InChI is InChI=1S/C14H29NO/c1-13(2)11-16-10-9-14(12-15-3)7-5-4-6-8-14/h13,15H,4-12H2,1-3H3. The zero-order valence-corrected chi connectivity index (χ0v) is 11.3. The normalized spacial score (nSPS) is 20.2. The predicted molar refractivity (Wildman–Crippen MR) is 69.7 cm³/mol. The van der Waals surface area contributed by atoms with E-state index in [1.54, 1.807) is 0 Å². The van der Waals surface area contributed by atoms with E-state index in [-0.39, 0.29) is 0 Å². The molecule has 0 heterocycles. The van der Waals surface area contributed by atoms with Crippen molar-refractivity contribution in [2.24, 2.45) is 11.3 Å². The molecule has 2 nitrogen and oxygen atoms in total. The third-order valence-corrected chi connectivity index (χ3v) is 3.69.